The molecule has 0 fully saturated rings. The lowest BCUT2D eigenvalue weighted by Gasteiger charge is -2.11. The van der Waals surface area contributed by atoms with Gasteiger partial charge in [-0.2, -0.15) is 0 Å². The predicted molar refractivity (Wildman–Crippen MR) is 102 cm³/mol. The summed E-state index contributed by atoms with van der Waals surface area (Å²) < 4.78 is 0. The first-order chi connectivity index (χ1) is 11.6. The van der Waals surface area contributed by atoms with E-state index in [1.165, 1.54) is 4.88 Å². The van der Waals surface area contributed by atoms with Gasteiger partial charge in [0.25, 0.3) is 5.91 Å². The number of fused-ring (bicyclic) bond motifs is 1. The Bertz CT molecular complexity index is 867. The lowest BCUT2D eigenvalue weighted by Crippen LogP contribution is -2.27. The summed E-state index contributed by atoms with van der Waals surface area (Å²) in [7, 11) is 0. The number of carbonyl (C=O) groups excluding carboxylic acids is 1. The molecule has 3 aromatic rings. The molecule has 0 radical (unpaired) electrons. The molecule has 124 valence electrons. The van der Waals surface area contributed by atoms with E-state index in [9.17, 15) is 4.79 Å². The highest BCUT2D eigenvalue weighted by atomic mass is 32.1. The van der Waals surface area contributed by atoms with Crippen LogP contribution in [-0.4, -0.2) is 17.4 Å². The highest BCUT2D eigenvalue weighted by Gasteiger charge is 2.14. The molecule has 0 saturated heterocycles. The van der Waals surface area contributed by atoms with Gasteiger partial charge in [0.1, 0.15) is 0 Å². The molecule has 0 aliphatic heterocycles. The Morgan fingerprint density at radius 1 is 1.21 bits per heavy atom. The summed E-state index contributed by atoms with van der Waals surface area (Å²) in [4.78, 5) is 19.9. The number of aryl methyl sites for hydroxylation is 1. The molecule has 4 heteroatoms. The number of nitrogens with zero attached hydrogens (tertiary/aromatic N) is 1. The van der Waals surface area contributed by atoms with E-state index in [2.05, 4.69) is 38.2 Å². The number of nitrogens with one attached hydrogen (secondary N) is 1. The summed E-state index contributed by atoms with van der Waals surface area (Å²) in [6.07, 6.45) is 1.01. The van der Waals surface area contributed by atoms with E-state index in [4.69, 9.17) is 4.98 Å². The van der Waals surface area contributed by atoms with Crippen molar-refractivity contribution in [1.82, 2.24) is 10.3 Å². The number of aromatic nitrogens is 1. The summed E-state index contributed by atoms with van der Waals surface area (Å²) in [6.45, 7) is 7.00. The molecule has 3 rings (SSSR count). The van der Waals surface area contributed by atoms with Crippen LogP contribution in [0.15, 0.2) is 42.5 Å². The summed E-state index contributed by atoms with van der Waals surface area (Å²) in [5.41, 5.74) is 2.42. The smallest absolute Gasteiger partial charge is 0.252 e. The van der Waals surface area contributed by atoms with Crippen LogP contribution in [0.1, 0.15) is 36.0 Å². The van der Waals surface area contributed by atoms with Gasteiger partial charge in [0.15, 0.2) is 0 Å². The molecular weight excluding hydrogens is 316 g/mol. The molecule has 0 saturated carbocycles. The fourth-order valence-electron chi connectivity index (χ4n) is 2.59. The molecular formula is C20H22N2OS. The molecule has 1 aromatic carbocycles. The van der Waals surface area contributed by atoms with Gasteiger partial charge in [0, 0.05) is 16.8 Å². The maximum atomic E-state index is 12.7. The third-order valence-electron chi connectivity index (χ3n) is 3.89. The monoisotopic (exact) mass is 338 g/mol. The Labute approximate surface area is 146 Å². The van der Waals surface area contributed by atoms with Crippen molar-refractivity contribution in [1.29, 1.82) is 0 Å². The van der Waals surface area contributed by atoms with Crippen LogP contribution >= 0.6 is 11.3 Å². The quantitative estimate of drug-likeness (QED) is 0.718. The molecule has 2 heterocycles. The van der Waals surface area contributed by atoms with Crippen LogP contribution in [0.3, 0.4) is 0 Å². The van der Waals surface area contributed by atoms with E-state index < -0.39 is 0 Å². The zero-order valence-corrected chi connectivity index (χ0v) is 15.1. The molecule has 24 heavy (non-hydrogen) atoms. The number of hydrogen-bond acceptors (Lipinski definition) is 3. The fourth-order valence-corrected chi connectivity index (χ4v) is 3.50. The number of para-hydroxylation sites is 1. The second-order valence-electron chi connectivity index (χ2n) is 6.30. The topological polar surface area (TPSA) is 42.0 Å². The Kier molecular flexibility index (Phi) is 4.95. The molecule has 0 aliphatic carbocycles. The zero-order chi connectivity index (χ0) is 17.1. The number of thiophene rings is 1. The average molecular weight is 338 g/mol. The Morgan fingerprint density at radius 2 is 2.00 bits per heavy atom. The van der Waals surface area contributed by atoms with E-state index in [1.807, 2.05) is 30.3 Å². The second-order valence-corrected chi connectivity index (χ2v) is 7.46. The number of carbonyl (C=O) groups is 1. The van der Waals surface area contributed by atoms with Crippen LogP contribution in [0.5, 0.6) is 0 Å². The van der Waals surface area contributed by atoms with Crippen molar-refractivity contribution < 1.29 is 4.79 Å². The Hall–Kier alpha value is -2.20. The minimum absolute atomic E-state index is 0.0316. The molecule has 0 bridgehead atoms. The second kappa shape index (κ2) is 7.14. The van der Waals surface area contributed by atoms with Gasteiger partial charge in [-0.15, -0.1) is 11.3 Å². The largest absolute Gasteiger partial charge is 0.352 e. The van der Waals surface area contributed by atoms with E-state index in [0.29, 0.717) is 18.0 Å². The third-order valence-corrected chi connectivity index (χ3v) is 5.15. The van der Waals surface area contributed by atoms with Crippen LogP contribution in [0.4, 0.5) is 0 Å². The first-order valence-corrected chi connectivity index (χ1v) is 9.17. The van der Waals surface area contributed by atoms with Crippen LogP contribution in [0.2, 0.25) is 0 Å². The van der Waals surface area contributed by atoms with Crippen molar-refractivity contribution in [3.63, 3.8) is 0 Å². The van der Waals surface area contributed by atoms with Gasteiger partial charge in [-0.05, 0) is 36.6 Å². The van der Waals surface area contributed by atoms with Crippen molar-refractivity contribution >= 4 is 28.1 Å². The third kappa shape index (κ3) is 3.49. The number of rotatable bonds is 5. The Morgan fingerprint density at radius 3 is 2.71 bits per heavy atom. The molecule has 0 spiro atoms. The first-order valence-electron chi connectivity index (χ1n) is 8.35. The van der Waals surface area contributed by atoms with Crippen molar-refractivity contribution in [2.45, 2.75) is 27.2 Å². The van der Waals surface area contributed by atoms with Crippen molar-refractivity contribution in [2.75, 3.05) is 6.54 Å². The maximum absolute atomic E-state index is 12.7. The minimum atomic E-state index is -0.0316. The number of pyridine rings is 1. The molecule has 0 aliphatic rings. The molecule has 1 amide bonds. The van der Waals surface area contributed by atoms with E-state index in [1.54, 1.807) is 11.3 Å². The first kappa shape index (κ1) is 16.7. The van der Waals surface area contributed by atoms with Gasteiger partial charge in [0.05, 0.1) is 21.7 Å². The maximum Gasteiger partial charge on any atom is 0.252 e. The number of amides is 1. The summed E-state index contributed by atoms with van der Waals surface area (Å²) >= 11 is 1.74. The van der Waals surface area contributed by atoms with Crippen LogP contribution in [0, 0.1) is 5.92 Å². The SMILES string of the molecule is CCc1ccc(-c2cc(C(=O)NCC(C)C)c3ccccc3n2)s1. The molecule has 2 aromatic heterocycles. The molecule has 3 nitrogen and oxygen atoms in total. The van der Waals surface area contributed by atoms with Crippen molar-refractivity contribution in [3.05, 3.63) is 52.9 Å². The van der Waals surface area contributed by atoms with Crippen LogP contribution in [-0.2, 0) is 6.42 Å². The predicted octanol–water partition coefficient (Wildman–Crippen LogP) is 4.91. The van der Waals surface area contributed by atoms with Crippen molar-refractivity contribution in [2.24, 2.45) is 5.92 Å². The highest BCUT2D eigenvalue weighted by molar-refractivity contribution is 7.15. The summed E-state index contributed by atoms with van der Waals surface area (Å²) in [6, 6.07) is 14.0. The lowest BCUT2D eigenvalue weighted by molar-refractivity contribution is 0.0950. The van der Waals surface area contributed by atoms with Gasteiger partial charge in [-0.1, -0.05) is 39.0 Å². The summed E-state index contributed by atoms with van der Waals surface area (Å²) in [5, 5.41) is 3.92. The fraction of sp³-hybridized carbons (Fsp3) is 0.300. The minimum Gasteiger partial charge on any atom is -0.352 e. The van der Waals surface area contributed by atoms with Gasteiger partial charge in [0.2, 0.25) is 0 Å². The van der Waals surface area contributed by atoms with Gasteiger partial charge in [-0.25, -0.2) is 4.98 Å². The average Bonchev–Trinajstić information content (AvgIpc) is 3.08. The van der Waals surface area contributed by atoms with E-state index in [0.717, 1.165) is 27.9 Å². The highest BCUT2D eigenvalue weighted by Crippen LogP contribution is 2.30. The van der Waals surface area contributed by atoms with E-state index >= 15 is 0 Å². The van der Waals surface area contributed by atoms with Gasteiger partial charge < -0.3 is 5.32 Å². The zero-order valence-electron chi connectivity index (χ0n) is 14.3. The van der Waals surface area contributed by atoms with Gasteiger partial charge >= 0.3 is 0 Å². The van der Waals surface area contributed by atoms with Crippen molar-refractivity contribution in [3.8, 4) is 10.6 Å². The van der Waals surface area contributed by atoms with E-state index in [-0.39, 0.29) is 5.91 Å². The molecule has 0 unspecified atom stereocenters. The molecule has 0 atom stereocenters. The molecule has 1 N–H and O–H groups in total. The number of benzene rings is 1. The van der Waals surface area contributed by atoms with Crippen LogP contribution < -0.4 is 5.32 Å². The summed E-state index contributed by atoms with van der Waals surface area (Å²) in [5.74, 6) is 0.391. The number of hydrogen-bond donors (Lipinski definition) is 1. The standard InChI is InChI=1S/C20H22N2OS/c1-4-14-9-10-19(24-14)18-11-16(20(23)21-12-13(2)3)15-7-5-6-8-17(15)22-18/h5-11,13H,4,12H2,1-3H3,(H,21,23). The van der Waals surface area contributed by atoms with Crippen LogP contribution in [0.25, 0.3) is 21.5 Å². The van der Waals surface area contributed by atoms with Gasteiger partial charge in [-0.3, -0.25) is 4.79 Å². The normalized spacial score (nSPS) is 11.2. The Balaban J connectivity index is 2.07. The lowest BCUT2D eigenvalue weighted by atomic mass is 10.1.